The summed E-state index contributed by atoms with van der Waals surface area (Å²) in [4.78, 5) is 8.79. The van der Waals surface area contributed by atoms with Crippen LogP contribution in [0, 0.1) is 0 Å². The van der Waals surface area contributed by atoms with Crippen molar-refractivity contribution >= 4 is 23.3 Å². The van der Waals surface area contributed by atoms with Crippen molar-refractivity contribution < 1.29 is 26.7 Å². The van der Waals surface area contributed by atoms with Crippen LogP contribution in [0.5, 0.6) is 11.5 Å². The van der Waals surface area contributed by atoms with Gasteiger partial charge in [0, 0.05) is 6.21 Å². The molecule has 0 heterocycles. The van der Waals surface area contributed by atoms with Crippen LogP contribution in [-0.4, -0.2) is 11.9 Å². The summed E-state index contributed by atoms with van der Waals surface area (Å²) in [6, 6.07) is 24.2. The summed E-state index contributed by atoms with van der Waals surface area (Å²) < 4.78 is 0. The van der Waals surface area contributed by atoms with Crippen molar-refractivity contribution in [3.05, 3.63) is 84.4 Å². The Morgan fingerprint density at radius 2 is 1.41 bits per heavy atom. The smallest absolute Gasteiger partial charge is 0.873 e. The minimum Gasteiger partial charge on any atom is -0.873 e. The fraction of sp³-hybridized carbons (Fsp3) is 0.167. The van der Waals surface area contributed by atoms with E-state index in [1.54, 1.807) is 12.3 Å². The Bertz CT molecular complexity index is 911. The molecular formula is C24H24N2NiO2. The zero-order valence-electron chi connectivity index (χ0n) is 16.5. The molecule has 0 spiro atoms. The normalized spacial score (nSPS) is 10.8. The molecule has 29 heavy (non-hydrogen) atoms. The van der Waals surface area contributed by atoms with Gasteiger partial charge in [0.25, 0.3) is 0 Å². The summed E-state index contributed by atoms with van der Waals surface area (Å²) in [5.41, 5.74) is 3.73. The van der Waals surface area contributed by atoms with E-state index in [2.05, 4.69) is 9.98 Å². The molecule has 0 aliphatic heterocycles. The first-order valence-electron chi connectivity index (χ1n) is 9.25. The van der Waals surface area contributed by atoms with E-state index in [4.69, 9.17) is 0 Å². The number of hydrogen-bond acceptors (Lipinski definition) is 4. The van der Waals surface area contributed by atoms with Crippen LogP contribution in [0.3, 0.4) is 0 Å². The van der Waals surface area contributed by atoms with Crippen molar-refractivity contribution in [2.45, 2.75) is 26.7 Å². The standard InChI is InChI=1S/C15H14N2.C9H12O2.Ni/c1-13(17-15-10-6-3-7-11-15)12-16-14-8-4-2-5-9-14;1-2-3-7-4-5-8(10)9(11)6-7;/h2-12H,1H3;4-6,10-11H,2-3H2,1H3;/q;;+2/p-2. The molecule has 152 valence electrons. The van der Waals surface area contributed by atoms with E-state index >= 15 is 0 Å². The van der Waals surface area contributed by atoms with Gasteiger partial charge in [-0.05, 0) is 43.2 Å². The van der Waals surface area contributed by atoms with Gasteiger partial charge in [0.15, 0.2) is 0 Å². The SMILES string of the molecule is CC(C=Nc1ccccc1)=Nc1ccccc1.CCCc1ccc([O-])c([O-])c1.[Ni+2]. The molecule has 5 heteroatoms. The summed E-state index contributed by atoms with van der Waals surface area (Å²) in [7, 11) is 0. The molecule has 0 aliphatic carbocycles. The minimum atomic E-state index is -0.412. The van der Waals surface area contributed by atoms with Crippen LogP contribution in [0.1, 0.15) is 25.8 Å². The first kappa shape index (κ1) is 24.1. The van der Waals surface area contributed by atoms with Crippen LogP contribution in [0.15, 0.2) is 88.8 Å². The van der Waals surface area contributed by atoms with Gasteiger partial charge in [0.2, 0.25) is 0 Å². The molecule has 0 bridgehead atoms. The molecule has 0 saturated carbocycles. The van der Waals surface area contributed by atoms with Gasteiger partial charge in [-0.25, -0.2) is 0 Å². The molecular weight excluding hydrogens is 407 g/mol. The van der Waals surface area contributed by atoms with Crippen molar-refractivity contribution in [3.8, 4) is 11.5 Å². The van der Waals surface area contributed by atoms with E-state index in [9.17, 15) is 10.2 Å². The van der Waals surface area contributed by atoms with Crippen molar-refractivity contribution in [2.24, 2.45) is 9.98 Å². The molecule has 3 rings (SSSR count). The van der Waals surface area contributed by atoms with E-state index in [0.29, 0.717) is 0 Å². The fourth-order valence-electron chi connectivity index (χ4n) is 2.41. The van der Waals surface area contributed by atoms with Gasteiger partial charge >= 0.3 is 16.5 Å². The third kappa shape index (κ3) is 9.22. The number of para-hydroxylation sites is 2. The van der Waals surface area contributed by atoms with Gasteiger partial charge in [-0.1, -0.05) is 67.9 Å². The molecule has 0 amide bonds. The average Bonchev–Trinajstić information content (AvgIpc) is 2.72. The summed E-state index contributed by atoms with van der Waals surface area (Å²) >= 11 is 0. The predicted octanol–water partition coefficient (Wildman–Crippen LogP) is 4.97. The quantitative estimate of drug-likeness (QED) is 0.423. The Labute approximate surface area is 182 Å². The number of hydrogen-bond donors (Lipinski definition) is 0. The molecule has 0 atom stereocenters. The molecule has 0 aromatic heterocycles. The molecule has 0 aliphatic rings. The van der Waals surface area contributed by atoms with Crippen LogP contribution >= 0.6 is 0 Å². The molecule has 0 fully saturated rings. The first-order chi connectivity index (χ1) is 13.6. The van der Waals surface area contributed by atoms with E-state index in [-0.39, 0.29) is 16.5 Å². The van der Waals surface area contributed by atoms with Crippen LogP contribution < -0.4 is 10.2 Å². The predicted molar refractivity (Wildman–Crippen MR) is 113 cm³/mol. The Morgan fingerprint density at radius 1 is 0.828 bits per heavy atom. The number of nitrogens with zero attached hydrogens (tertiary/aromatic N) is 2. The van der Waals surface area contributed by atoms with E-state index in [1.165, 1.54) is 12.1 Å². The van der Waals surface area contributed by atoms with Gasteiger partial charge in [-0.3, -0.25) is 9.98 Å². The second kappa shape index (κ2) is 13.3. The third-order valence-electron chi connectivity index (χ3n) is 3.77. The van der Waals surface area contributed by atoms with Crippen molar-refractivity contribution in [1.82, 2.24) is 0 Å². The largest absolute Gasteiger partial charge is 2.00 e. The maximum absolute atomic E-state index is 10.8. The Hall–Kier alpha value is -2.91. The fourth-order valence-corrected chi connectivity index (χ4v) is 2.41. The summed E-state index contributed by atoms with van der Waals surface area (Å²) in [5.74, 6) is -0.805. The summed E-state index contributed by atoms with van der Waals surface area (Å²) in [6.45, 7) is 3.98. The molecule has 3 aromatic carbocycles. The first-order valence-corrected chi connectivity index (χ1v) is 9.25. The topological polar surface area (TPSA) is 70.8 Å². The number of rotatable bonds is 5. The van der Waals surface area contributed by atoms with E-state index < -0.39 is 11.5 Å². The van der Waals surface area contributed by atoms with Crippen molar-refractivity contribution in [2.75, 3.05) is 0 Å². The maximum atomic E-state index is 10.8. The van der Waals surface area contributed by atoms with Crippen LogP contribution in [0.2, 0.25) is 0 Å². The molecule has 0 radical (unpaired) electrons. The zero-order valence-corrected chi connectivity index (χ0v) is 17.5. The van der Waals surface area contributed by atoms with Crippen LogP contribution in [0.25, 0.3) is 0 Å². The minimum absolute atomic E-state index is 0. The van der Waals surface area contributed by atoms with E-state index in [0.717, 1.165) is 35.5 Å². The van der Waals surface area contributed by atoms with Crippen LogP contribution in [-0.2, 0) is 22.9 Å². The van der Waals surface area contributed by atoms with Crippen molar-refractivity contribution in [3.63, 3.8) is 0 Å². The summed E-state index contributed by atoms with van der Waals surface area (Å²) in [6.07, 6.45) is 3.65. The van der Waals surface area contributed by atoms with Crippen molar-refractivity contribution in [1.29, 1.82) is 0 Å². The molecule has 0 unspecified atom stereocenters. The van der Waals surface area contributed by atoms with Gasteiger partial charge < -0.3 is 10.2 Å². The Morgan fingerprint density at radius 3 is 1.97 bits per heavy atom. The number of aryl methyl sites for hydroxylation is 1. The molecule has 0 N–H and O–H groups in total. The Kier molecular flexibility index (Phi) is 11.1. The molecule has 3 aromatic rings. The second-order valence-corrected chi connectivity index (χ2v) is 6.21. The van der Waals surface area contributed by atoms with Gasteiger partial charge in [-0.2, -0.15) is 0 Å². The third-order valence-corrected chi connectivity index (χ3v) is 3.77. The van der Waals surface area contributed by atoms with Gasteiger partial charge in [-0.15, -0.1) is 11.5 Å². The van der Waals surface area contributed by atoms with Gasteiger partial charge in [0.1, 0.15) is 0 Å². The molecule has 0 saturated heterocycles. The maximum Gasteiger partial charge on any atom is 2.00 e. The van der Waals surface area contributed by atoms with Gasteiger partial charge in [0.05, 0.1) is 17.1 Å². The second-order valence-electron chi connectivity index (χ2n) is 6.21. The summed E-state index contributed by atoms with van der Waals surface area (Å²) in [5, 5.41) is 21.5. The number of benzene rings is 3. The zero-order chi connectivity index (χ0) is 20.2. The average molecular weight is 431 g/mol. The van der Waals surface area contributed by atoms with Crippen LogP contribution in [0.4, 0.5) is 11.4 Å². The number of aliphatic imine (C=N–C) groups is 2. The molecule has 4 nitrogen and oxygen atoms in total. The van der Waals surface area contributed by atoms with E-state index in [1.807, 2.05) is 74.5 Å². The Balaban J connectivity index is 0.000000306. The monoisotopic (exact) mass is 430 g/mol.